The lowest BCUT2D eigenvalue weighted by atomic mass is 9.97. The Balaban J connectivity index is 0.000000213. The van der Waals surface area contributed by atoms with E-state index >= 15 is 0 Å². The third-order valence-electron chi connectivity index (χ3n) is 6.36. The Morgan fingerprint density at radius 1 is 0.542 bits per heavy atom. The summed E-state index contributed by atoms with van der Waals surface area (Å²) in [6.07, 6.45) is 10.1. The van der Waals surface area contributed by atoms with E-state index in [1.165, 1.54) is 21.5 Å². The van der Waals surface area contributed by atoms with Gasteiger partial charge in [-0.15, -0.1) is 0 Å². The van der Waals surface area contributed by atoms with Crippen LogP contribution in [0.5, 0.6) is 0 Å². The molecule has 0 fully saturated rings. The maximum absolute atomic E-state index is 9.56. The molecule has 0 bridgehead atoms. The minimum atomic E-state index is -0.611. The van der Waals surface area contributed by atoms with Gasteiger partial charge in [0, 0.05) is 57.7 Å². The minimum Gasteiger partial charge on any atom is -0.375 e. The number of nitrogens with two attached hydrogens (primary N) is 2. The van der Waals surface area contributed by atoms with Gasteiger partial charge >= 0.3 is 0 Å². The molecule has 48 heavy (non-hydrogen) atoms. The van der Waals surface area contributed by atoms with Crippen molar-refractivity contribution in [2.75, 3.05) is 25.0 Å². The van der Waals surface area contributed by atoms with Gasteiger partial charge in [0.25, 0.3) is 0 Å². The van der Waals surface area contributed by atoms with E-state index in [2.05, 4.69) is 81.7 Å². The summed E-state index contributed by atoms with van der Waals surface area (Å²) in [7, 11) is -1.22. The summed E-state index contributed by atoms with van der Waals surface area (Å²) in [5, 5.41) is 17.9. The number of hydrazone groups is 2. The number of benzene rings is 6. The molecule has 0 unspecified atom stereocenters. The van der Waals surface area contributed by atoms with Gasteiger partial charge in [-0.1, -0.05) is 97.1 Å². The van der Waals surface area contributed by atoms with Crippen molar-refractivity contribution < 1.29 is 8.42 Å². The van der Waals surface area contributed by atoms with E-state index in [9.17, 15) is 8.42 Å². The highest BCUT2D eigenvalue weighted by Crippen LogP contribution is 2.28. The Labute approximate surface area is 296 Å². The van der Waals surface area contributed by atoms with Crippen LogP contribution in [0.25, 0.3) is 43.1 Å². The number of nitrogens with zero attached hydrogens (tertiary/aromatic N) is 2. The van der Waals surface area contributed by atoms with Crippen molar-refractivity contribution in [1.29, 1.82) is 0 Å². The lowest BCUT2D eigenvalue weighted by molar-refractivity contribution is 0.689. The fraction of sp³-hybridized carbons (Fsp3) is 0.111. The highest BCUT2D eigenvalue weighted by atomic mass is 32.2. The van der Waals surface area contributed by atoms with E-state index < -0.39 is 21.6 Å². The van der Waals surface area contributed by atoms with E-state index in [0.29, 0.717) is 0 Å². The number of nitrogens with one attached hydrogen (secondary N) is 2. The maximum Gasteiger partial charge on any atom is 0.184 e. The molecule has 6 rings (SSSR count). The Hall–Kier alpha value is -4.62. The van der Waals surface area contributed by atoms with Gasteiger partial charge in [0.2, 0.25) is 0 Å². The van der Waals surface area contributed by atoms with Gasteiger partial charge in [0.15, 0.2) is 10.2 Å². The zero-order chi connectivity index (χ0) is 35.1. The number of fused-ring (bicyclic) bond motifs is 4. The summed E-state index contributed by atoms with van der Waals surface area (Å²) in [5.74, 6) is 0. The monoisotopic (exact) mass is 714 g/mol. The summed E-state index contributed by atoms with van der Waals surface area (Å²) in [5.41, 5.74) is 18.1. The summed E-state index contributed by atoms with van der Waals surface area (Å²) < 4.78 is 19.1. The molecule has 0 radical (unpaired) electrons. The smallest absolute Gasteiger partial charge is 0.184 e. The molecule has 8 nitrogen and oxygen atoms in total. The fourth-order valence-corrected chi connectivity index (χ4v) is 4.80. The average Bonchev–Trinajstić information content (AvgIpc) is 3.03. The van der Waals surface area contributed by atoms with Gasteiger partial charge < -0.3 is 11.5 Å². The molecule has 6 aromatic rings. The molecule has 0 aromatic heterocycles. The van der Waals surface area contributed by atoms with Crippen LogP contribution >= 0.6 is 24.4 Å². The minimum absolute atomic E-state index is 0.158. The third-order valence-corrected chi connectivity index (χ3v) is 6.55. The number of hydrogen-bond acceptors (Lipinski definition) is 6. The normalized spacial score (nSPS) is 10.8. The highest BCUT2D eigenvalue weighted by Gasteiger charge is 2.06. The lowest BCUT2D eigenvalue weighted by Gasteiger charge is -2.07. The lowest BCUT2D eigenvalue weighted by Crippen LogP contribution is -2.24. The molecular weight excluding hydrogens is 677 g/mol. The van der Waals surface area contributed by atoms with Gasteiger partial charge in [0.1, 0.15) is 0 Å². The molecular formula is C36H38N6O2S4. The predicted molar refractivity (Wildman–Crippen MR) is 218 cm³/mol. The van der Waals surface area contributed by atoms with Gasteiger partial charge in [0.05, 0.1) is 12.4 Å². The molecule has 0 spiro atoms. The van der Waals surface area contributed by atoms with Crippen molar-refractivity contribution in [2.45, 2.75) is 0 Å². The van der Waals surface area contributed by atoms with Crippen LogP contribution in [0.15, 0.2) is 119 Å². The molecule has 0 saturated heterocycles. The SMILES string of the molecule is CS(C)=O.CS(C)=O.NC(=S)N/N=C/c1c2ccccc2cc2ccccc12.NC(=S)N/N=C/c1c2ccccc2cc2ccccc12. The van der Waals surface area contributed by atoms with Crippen LogP contribution in [-0.2, 0) is 21.6 Å². The van der Waals surface area contributed by atoms with Crippen molar-refractivity contribution in [3.8, 4) is 0 Å². The van der Waals surface area contributed by atoms with Gasteiger partial charge in [-0.3, -0.25) is 19.3 Å². The molecule has 0 aliphatic heterocycles. The van der Waals surface area contributed by atoms with Crippen molar-refractivity contribution in [3.05, 3.63) is 120 Å². The van der Waals surface area contributed by atoms with Crippen LogP contribution in [0.3, 0.4) is 0 Å². The first kappa shape index (κ1) is 37.8. The van der Waals surface area contributed by atoms with Crippen molar-refractivity contribution in [1.82, 2.24) is 10.9 Å². The second-order valence-electron chi connectivity index (χ2n) is 10.4. The first-order valence-corrected chi connectivity index (χ1v) is 19.2. The van der Waals surface area contributed by atoms with Crippen molar-refractivity contribution in [2.24, 2.45) is 21.7 Å². The summed E-state index contributed by atoms with van der Waals surface area (Å²) >= 11 is 9.51. The second kappa shape index (κ2) is 19.3. The largest absolute Gasteiger partial charge is 0.375 e. The quantitative estimate of drug-likeness (QED) is 0.0723. The first-order valence-electron chi connectivity index (χ1n) is 14.5. The number of thiocarbonyl (C=S) groups is 2. The van der Waals surface area contributed by atoms with Crippen LogP contribution in [0.4, 0.5) is 0 Å². The standard InChI is InChI=1S/2C16H13N3S.2C2H6OS/c2*17-16(20)19-18-10-15-13-7-3-1-5-11(13)9-12-6-2-4-8-14(12)15;2*1-4(2)3/h2*1-10H,(H3,17,19,20);2*1-2H3/b2*18-10+;;. The molecule has 12 heteroatoms. The number of rotatable bonds is 4. The Morgan fingerprint density at radius 3 is 1.00 bits per heavy atom. The molecule has 0 atom stereocenters. The Kier molecular flexibility index (Phi) is 15.2. The van der Waals surface area contributed by atoms with Crippen molar-refractivity contribution in [3.63, 3.8) is 0 Å². The Morgan fingerprint density at radius 2 is 0.771 bits per heavy atom. The number of hydrogen-bond donors (Lipinski definition) is 4. The summed E-state index contributed by atoms with van der Waals surface area (Å²) in [6, 6.07) is 37.3. The van der Waals surface area contributed by atoms with Crippen LogP contribution < -0.4 is 22.3 Å². The van der Waals surface area contributed by atoms with Crippen LogP contribution in [0.2, 0.25) is 0 Å². The third kappa shape index (κ3) is 11.9. The molecule has 0 saturated carbocycles. The second-order valence-corrected chi connectivity index (χ2v) is 14.3. The van der Waals surface area contributed by atoms with E-state index in [0.717, 1.165) is 32.7 Å². The molecule has 0 amide bonds. The zero-order valence-electron chi connectivity index (χ0n) is 27.0. The zero-order valence-corrected chi connectivity index (χ0v) is 30.3. The summed E-state index contributed by atoms with van der Waals surface area (Å²) in [6.45, 7) is 0. The highest BCUT2D eigenvalue weighted by molar-refractivity contribution is 7.83. The van der Waals surface area contributed by atoms with Crippen molar-refractivity contribution >= 4 is 112 Å². The topological polar surface area (TPSA) is 135 Å². The predicted octanol–water partition coefficient (Wildman–Crippen LogP) is 6.31. The van der Waals surface area contributed by atoms with E-state index in [1.807, 2.05) is 48.5 Å². The molecule has 248 valence electrons. The first-order chi connectivity index (χ1) is 23.0. The molecule has 6 N–H and O–H groups in total. The molecule has 6 aromatic carbocycles. The molecule has 0 aliphatic carbocycles. The van der Waals surface area contributed by atoms with E-state index in [-0.39, 0.29) is 10.2 Å². The van der Waals surface area contributed by atoms with E-state index in [4.69, 9.17) is 35.9 Å². The molecule has 0 heterocycles. The summed E-state index contributed by atoms with van der Waals surface area (Å²) in [4.78, 5) is 0. The van der Waals surface area contributed by atoms with Crippen LogP contribution in [0.1, 0.15) is 11.1 Å². The van der Waals surface area contributed by atoms with Crippen LogP contribution in [0, 0.1) is 0 Å². The van der Waals surface area contributed by atoms with E-state index in [1.54, 1.807) is 37.5 Å². The van der Waals surface area contributed by atoms with Crippen LogP contribution in [-0.4, -0.2) is 56.1 Å². The fourth-order valence-electron chi connectivity index (χ4n) is 4.70. The molecule has 0 aliphatic rings. The maximum atomic E-state index is 9.56. The average molecular weight is 715 g/mol. The Bertz CT molecular complexity index is 1880. The van der Waals surface area contributed by atoms with Gasteiger partial charge in [-0.05, 0) is 79.7 Å². The van der Waals surface area contributed by atoms with Gasteiger partial charge in [-0.25, -0.2) is 0 Å². The van der Waals surface area contributed by atoms with Gasteiger partial charge in [-0.2, -0.15) is 10.2 Å².